The SMILES string of the molecule is C.C.CCC(C)(C)C(=O)OC12CC3CC(CC(C3)C1)C2. The fourth-order valence-electron chi connectivity index (χ4n) is 4.64. The molecule has 118 valence electrons. The molecule has 0 unspecified atom stereocenters. The number of hydrogen-bond acceptors (Lipinski definition) is 2. The average molecular weight is 282 g/mol. The molecule has 2 nitrogen and oxygen atoms in total. The highest BCUT2D eigenvalue weighted by atomic mass is 16.6. The van der Waals surface area contributed by atoms with Crippen molar-refractivity contribution in [3.63, 3.8) is 0 Å². The van der Waals surface area contributed by atoms with Crippen LogP contribution in [0.4, 0.5) is 0 Å². The van der Waals surface area contributed by atoms with Gasteiger partial charge in [-0.2, -0.15) is 0 Å². The van der Waals surface area contributed by atoms with Gasteiger partial charge in [-0.3, -0.25) is 4.79 Å². The normalized spacial score (nSPS) is 37.9. The van der Waals surface area contributed by atoms with Gasteiger partial charge in [0.05, 0.1) is 5.41 Å². The van der Waals surface area contributed by atoms with E-state index in [0.717, 1.165) is 43.4 Å². The van der Waals surface area contributed by atoms with Crippen LogP contribution in [-0.4, -0.2) is 11.6 Å². The topological polar surface area (TPSA) is 26.3 Å². The maximum atomic E-state index is 12.4. The van der Waals surface area contributed by atoms with Gasteiger partial charge in [-0.25, -0.2) is 0 Å². The Morgan fingerprint density at radius 2 is 1.45 bits per heavy atom. The molecule has 4 fully saturated rings. The molecule has 20 heavy (non-hydrogen) atoms. The molecular weight excluding hydrogens is 248 g/mol. The minimum absolute atomic E-state index is 0. The Morgan fingerprint density at radius 3 is 1.80 bits per heavy atom. The Kier molecular flexibility index (Phi) is 4.99. The maximum Gasteiger partial charge on any atom is 0.312 e. The van der Waals surface area contributed by atoms with Gasteiger partial charge in [0.2, 0.25) is 0 Å². The third kappa shape index (κ3) is 2.89. The van der Waals surface area contributed by atoms with Crippen molar-refractivity contribution in [2.45, 2.75) is 86.2 Å². The van der Waals surface area contributed by atoms with E-state index < -0.39 is 0 Å². The highest BCUT2D eigenvalue weighted by Gasteiger charge is 2.53. The van der Waals surface area contributed by atoms with Crippen LogP contribution in [0.1, 0.15) is 80.6 Å². The minimum atomic E-state index is -0.316. The Labute approximate surface area is 125 Å². The van der Waals surface area contributed by atoms with Crippen LogP contribution in [0.3, 0.4) is 0 Å². The van der Waals surface area contributed by atoms with Crippen molar-refractivity contribution >= 4 is 5.97 Å². The standard InChI is InChI=1S/C16H26O2.2CH4/c1-4-15(2,3)14(17)18-16-8-11-5-12(9-16)7-13(6-11)10-16;;/h11-13H,4-10H2,1-3H3;2*1H4. The molecule has 0 heterocycles. The fourth-order valence-corrected chi connectivity index (χ4v) is 4.64. The van der Waals surface area contributed by atoms with Gasteiger partial charge >= 0.3 is 5.97 Å². The van der Waals surface area contributed by atoms with Gasteiger partial charge in [0.15, 0.2) is 0 Å². The minimum Gasteiger partial charge on any atom is -0.459 e. The van der Waals surface area contributed by atoms with E-state index in [2.05, 4.69) is 6.92 Å². The number of hydrogen-bond donors (Lipinski definition) is 0. The molecule has 0 radical (unpaired) electrons. The summed E-state index contributed by atoms with van der Waals surface area (Å²) in [6, 6.07) is 0. The van der Waals surface area contributed by atoms with E-state index in [1.807, 2.05) is 13.8 Å². The van der Waals surface area contributed by atoms with Crippen molar-refractivity contribution in [3.8, 4) is 0 Å². The van der Waals surface area contributed by atoms with E-state index in [4.69, 9.17) is 4.74 Å². The highest BCUT2D eigenvalue weighted by Crippen LogP contribution is 2.57. The second-order valence-corrected chi connectivity index (χ2v) is 7.73. The first-order valence-corrected chi connectivity index (χ1v) is 7.66. The second kappa shape index (κ2) is 5.69. The number of rotatable bonds is 3. The van der Waals surface area contributed by atoms with Crippen LogP contribution >= 0.6 is 0 Å². The van der Waals surface area contributed by atoms with Crippen molar-refractivity contribution in [1.29, 1.82) is 0 Å². The molecular formula is C18H34O2. The lowest BCUT2D eigenvalue weighted by Gasteiger charge is -2.56. The lowest BCUT2D eigenvalue weighted by atomic mass is 9.54. The first kappa shape index (κ1) is 17.5. The molecule has 0 N–H and O–H groups in total. The summed E-state index contributed by atoms with van der Waals surface area (Å²) >= 11 is 0. The summed E-state index contributed by atoms with van der Waals surface area (Å²) in [5, 5.41) is 0. The number of esters is 1. The Morgan fingerprint density at radius 1 is 1.05 bits per heavy atom. The second-order valence-electron chi connectivity index (χ2n) is 7.73. The lowest BCUT2D eigenvalue weighted by molar-refractivity contribution is -0.195. The summed E-state index contributed by atoms with van der Waals surface area (Å²) in [5.74, 6) is 2.56. The summed E-state index contributed by atoms with van der Waals surface area (Å²) in [5.41, 5.74) is -0.387. The molecule has 4 aliphatic carbocycles. The molecule has 0 aromatic heterocycles. The first-order valence-electron chi connectivity index (χ1n) is 7.66. The predicted octanol–water partition coefficient (Wildman–Crippen LogP) is 5.21. The van der Waals surface area contributed by atoms with Gasteiger partial charge in [-0.15, -0.1) is 0 Å². The quantitative estimate of drug-likeness (QED) is 0.664. The molecule has 0 atom stereocenters. The molecule has 4 bridgehead atoms. The fraction of sp³-hybridized carbons (Fsp3) is 0.944. The zero-order valence-electron chi connectivity index (χ0n) is 12.0. The molecule has 4 saturated carbocycles. The predicted molar refractivity (Wildman–Crippen MR) is 84.5 cm³/mol. The zero-order chi connectivity index (χ0) is 13.0. The van der Waals surface area contributed by atoms with Crippen LogP contribution in [0.25, 0.3) is 0 Å². The van der Waals surface area contributed by atoms with E-state index in [1.54, 1.807) is 0 Å². The van der Waals surface area contributed by atoms with Crippen LogP contribution in [0, 0.1) is 23.2 Å². The van der Waals surface area contributed by atoms with Gasteiger partial charge in [-0.05, 0) is 76.5 Å². The summed E-state index contributed by atoms with van der Waals surface area (Å²) in [7, 11) is 0. The molecule has 2 heteroatoms. The van der Waals surface area contributed by atoms with E-state index in [1.165, 1.54) is 19.3 Å². The lowest BCUT2D eigenvalue weighted by Crippen LogP contribution is -2.53. The Balaban J connectivity index is 0.000001000. The van der Waals surface area contributed by atoms with Crippen molar-refractivity contribution in [1.82, 2.24) is 0 Å². The van der Waals surface area contributed by atoms with Crippen molar-refractivity contribution < 1.29 is 9.53 Å². The van der Waals surface area contributed by atoms with Crippen LogP contribution in [0.5, 0.6) is 0 Å². The third-order valence-electron chi connectivity index (χ3n) is 5.73. The molecule has 4 aliphatic rings. The molecule has 0 aromatic carbocycles. The largest absolute Gasteiger partial charge is 0.459 e. The van der Waals surface area contributed by atoms with E-state index in [9.17, 15) is 4.79 Å². The van der Waals surface area contributed by atoms with Crippen LogP contribution in [-0.2, 0) is 9.53 Å². The van der Waals surface area contributed by atoms with Gasteiger partial charge in [0, 0.05) is 0 Å². The smallest absolute Gasteiger partial charge is 0.312 e. The third-order valence-corrected chi connectivity index (χ3v) is 5.73. The molecule has 0 amide bonds. The van der Waals surface area contributed by atoms with Crippen molar-refractivity contribution in [2.24, 2.45) is 23.2 Å². The van der Waals surface area contributed by atoms with Gasteiger partial charge in [0.1, 0.15) is 5.60 Å². The van der Waals surface area contributed by atoms with E-state index >= 15 is 0 Å². The molecule has 4 rings (SSSR count). The summed E-state index contributed by atoms with van der Waals surface area (Å²) < 4.78 is 6.07. The first-order chi connectivity index (χ1) is 8.42. The Bertz CT molecular complexity index is 321. The molecule has 0 saturated heterocycles. The Hall–Kier alpha value is -0.530. The molecule has 0 spiro atoms. The monoisotopic (exact) mass is 282 g/mol. The van der Waals surface area contributed by atoms with Crippen LogP contribution < -0.4 is 0 Å². The number of carbonyl (C=O) groups excluding carboxylic acids is 1. The summed E-state index contributed by atoms with van der Waals surface area (Å²) in [4.78, 5) is 12.4. The van der Waals surface area contributed by atoms with Gasteiger partial charge < -0.3 is 4.74 Å². The average Bonchev–Trinajstić information content (AvgIpc) is 2.26. The van der Waals surface area contributed by atoms with Gasteiger partial charge in [-0.1, -0.05) is 21.8 Å². The van der Waals surface area contributed by atoms with E-state index in [-0.39, 0.29) is 31.8 Å². The zero-order valence-corrected chi connectivity index (χ0v) is 12.0. The number of carbonyl (C=O) groups is 1. The van der Waals surface area contributed by atoms with E-state index in [0.29, 0.717) is 0 Å². The summed E-state index contributed by atoms with van der Waals surface area (Å²) in [6.45, 7) is 6.09. The van der Waals surface area contributed by atoms with Crippen molar-refractivity contribution in [2.75, 3.05) is 0 Å². The number of ether oxygens (including phenoxy) is 1. The van der Waals surface area contributed by atoms with Crippen molar-refractivity contribution in [3.05, 3.63) is 0 Å². The molecule has 0 aliphatic heterocycles. The van der Waals surface area contributed by atoms with Gasteiger partial charge in [0.25, 0.3) is 0 Å². The van der Waals surface area contributed by atoms with Crippen LogP contribution in [0.2, 0.25) is 0 Å². The highest BCUT2D eigenvalue weighted by molar-refractivity contribution is 5.76. The molecule has 0 aromatic rings. The van der Waals surface area contributed by atoms with Crippen LogP contribution in [0.15, 0.2) is 0 Å². The summed E-state index contributed by atoms with van der Waals surface area (Å²) in [6.07, 6.45) is 8.48. The maximum absolute atomic E-state index is 12.4.